The maximum atomic E-state index is 5.34. The van der Waals surface area contributed by atoms with Crippen LogP contribution in [0.1, 0.15) is 0 Å². The summed E-state index contributed by atoms with van der Waals surface area (Å²) in [5, 5.41) is 0.724. The Bertz CT molecular complexity index is 825. The lowest BCUT2D eigenvalue weighted by molar-refractivity contribution is 0.576. The zero-order chi connectivity index (χ0) is 17.2. The first kappa shape index (κ1) is 17.2. The van der Waals surface area contributed by atoms with E-state index in [1.165, 1.54) is 30.1 Å². The number of aromatic nitrogens is 2. The summed E-state index contributed by atoms with van der Waals surface area (Å²) >= 11 is 2.71. The van der Waals surface area contributed by atoms with E-state index >= 15 is 0 Å². The molecule has 0 spiro atoms. The van der Waals surface area contributed by atoms with Gasteiger partial charge in [-0.25, -0.2) is 15.0 Å². The van der Waals surface area contributed by atoms with Gasteiger partial charge in [0.25, 0.3) is 0 Å². The van der Waals surface area contributed by atoms with Gasteiger partial charge in [-0.2, -0.15) is 4.40 Å². The Labute approximate surface area is 154 Å². The van der Waals surface area contributed by atoms with Gasteiger partial charge in [-0.3, -0.25) is 0 Å². The molecule has 1 aromatic heterocycles. The van der Waals surface area contributed by atoms with Crippen molar-refractivity contribution >= 4 is 41.3 Å². The number of para-hydroxylation sites is 1. The molecule has 0 radical (unpaired) electrons. The summed E-state index contributed by atoms with van der Waals surface area (Å²) < 4.78 is 9.40. The monoisotopic (exact) mass is 366 g/mol. The highest BCUT2D eigenvalue weighted by Crippen LogP contribution is 2.26. The van der Waals surface area contributed by atoms with E-state index in [9.17, 15) is 0 Å². The number of benzene rings is 2. The van der Waals surface area contributed by atoms with E-state index in [-0.39, 0.29) is 0 Å². The second-order valence-corrected chi connectivity index (χ2v) is 6.28. The predicted octanol–water partition coefficient (Wildman–Crippen LogP) is 5.04. The molecule has 0 aliphatic carbocycles. The molecule has 0 fully saturated rings. The molecule has 0 saturated heterocycles. The third-order valence-corrected chi connectivity index (χ3v) is 4.18. The van der Waals surface area contributed by atoms with Crippen LogP contribution in [-0.2, 0) is 0 Å². The van der Waals surface area contributed by atoms with Gasteiger partial charge >= 0.3 is 0 Å². The Hall–Kier alpha value is -2.64. The Morgan fingerprint density at radius 2 is 1.64 bits per heavy atom. The predicted molar refractivity (Wildman–Crippen MR) is 104 cm³/mol. The molecular formula is C18H14N4OS2. The lowest BCUT2D eigenvalue weighted by Crippen LogP contribution is -1.87. The van der Waals surface area contributed by atoms with Gasteiger partial charge in [-0.1, -0.05) is 18.2 Å². The Kier molecular flexibility index (Phi) is 6.61. The van der Waals surface area contributed by atoms with Crippen LogP contribution in [0.5, 0.6) is 5.75 Å². The molecule has 0 bridgehead atoms. The van der Waals surface area contributed by atoms with Gasteiger partial charge in [0.05, 0.1) is 11.2 Å². The molecule has 0 atom stereocenters. The molecule has 5 nitrogen and oxygen atoms in total. The molecule has 2 aromatic carbocycles. The van der Waals surface area contributed by atoms with Gasteiger partial charge in [0, 0.05) is 29.2 Å². The van der Waals surface area contributed by atoms with Gasteiger partial charge in [0.1, 0.15) is 5.75 Å². The van der Waals surface area contributed by atoms with Crippen molar-refractivity contribution in [2.24, 2.45) is 9.39 Å². The van der Waals surface area contributed by atoms with Crippen LogP contribution in [0.15, 0.2) is 92.5 Å². The molecule has 0 aliphatic rings. The number of rotatable bonds is 7. The maximum Gasteiger partial charge on any atom is 0.192 e. The largest absolute Gasteiger partial charge is 0.445 e. The van der Waals surface area contributed by atoms with E-state index < -0.39 is 0 Å². The summed E-state index contributed by atoms with van der Waals surface area (Å²) in [6.07, 6.45) is 4.85. The highest BCUT2D eigenvalue weighted by atomic mass is 32.2. The molecule has 124 valence electrons. The van der Waals surface area contributed by atoms with Crippen molar-refractivity contribution < 1.29 is 4.74 Å². The fraction of sp³-hybridized carbons (Fsp3) is 0. The van der Waals surface area contributed by atoms with Crippen LogP contribution in [0, 0.1) is 0 Å². The van der Waals surface area contributed by atoms with Crippen LogP contribution in [-0.4, -0.2) is 21.9 Å². The van der Waals surface area contributed by atoms with Crippen LogP contribution in [0.3, 0.4) is 0 Å². The van der Waals surface area contributed by atoms with E-state index in [4.69, 9.17) is 4.74 Å². The molecule has 0 saturated carbocycles. The number of aliphatic imine (C=N–C) groups is 1. The normalized spacial score (nSPS) is 11.2. The van der Waals surface area contributed by atoms with Gasteiger partial charge in [0.2, 0.25) is 0 Å². The Morgan fingerprint density at radius 3 is 2.40 bits per heavy atom. The van der Waals surface area contributed by atoms with Crippen LogP contribution in [0.2, 0.25) is 0 Å². The molecule has 0 N–H and O–H groups in total. The smallest absolute Gasteiger partial charge is 0.192 e. The van der Waals surface area contributed by atoms with Gasteiger partial charge in [0.15, 0.2) is 11.6 Å². The third-order valence-electron chi connectivity index (χ3n) is 2.87. The summed E-state index contributed by atoms with van der Waals surface area (Å²) in [5.41, 5.74) is 2.51. The fourth-order valence-electron chi connectivity index (χ4n) is 1.76. The number of hydrogen-bond donors (Lipinski definition) is 0. The van der Waals surface area contributed by atoms with Crippen LogP contribution < -0.4 is 4.74 Å². The summed E-state index contributed by atoms with van der Waals surface area (Å²) in [5.74, 6) is 0.749. The first-order valence-electron chi connectivity index (χ1n) is 7.37. The first-order chi connectivity index (χ1) is 12.4. The zero-order valence-electron chi connectivity index (χ0n) is 13.1. The maximum absolute atomic E-state index is 5.34. The van der Waals surface area contributed by atoms with E-state index in [1.54, 1.807) is 24.0 Å². The quantitative estimate of drug-likeness (QED) is 0.254. The molecule has 3 rings (SSSR count). The minimum atomic E-state index is 0.724. The summed E-state index contributed by atoms with van der Waals surface area (Å²) in [4.78, 5) is 13.8. The summed E-state index contributed by atoms with van der Waals surface area (Å²) in [6.45, 7) is 0. The molecule has 0 amide bonds. The first-order valence-corrected chi connectivity index (χ1v) is 9.02. The zero-order valence-corrected chi connectivity index (χ0v) is 14.7. The third kappa shape index (κ3) is 6.06. The van der Waals surface area contributed by atoms with Crippen LogP contribution in [0.25, 0.3) is 0 Å². The number of nitrogens with zero attached hydrogens (tertiary/aromatic N) is 4. The number of ether oxygens (including phenoxy) is 1. The van der Waals surface area contributed by atoms with E-state index in [1.807, 2.05) is 54.6 Å². The van der Waals surface area contributed by atoms with Crippen LogP contribution >= 0.6 is 23.7 Å². The van der Waals surface area contributed by atoms with Crippen molar-refractivity contribution in [3.05, 3.63) is 73.1 Å². The molecule has 0 unspecified atom stereocenters. The molecule has 0 aliphatic heterocycles. The van der Waals surface area contributed by atoms with Crippen molar-refractivity contribution in [3.63, 3.8) is 0 Å². The fourth-order valence-corrected chi connectivity index (χ4v) is 2.79. The average Bonchev–Trinajstić information content (AvgIpc) is 2.67. The highest BCUT2D eigenvalue weighted by molar-refractivity contribution is 8.11. The minimum Gasteiger partial charge on any atom is -0.445 e. The highest BCUT2D eigenvalue weighted by Gasteiger charge is 1.99. The van der Waals surface area contributed by atoms with Crippen molar-refractivity contribution in [3.8, 4) is 5.75 Å². The Balaban J connectivity index is 1.45. The molecule has 1 heterocycles. The van der Waals surface area contributed by atoms with Gasteiger partial charge < -0.3 is 4.74 Å². The van der Waals surface area contributed by atoms with Crippen LogP contribution in [0.4, 0.5) is 5.69 Å². The molecule has 7 heteroatoms. The summed E-state index contributed by atoms with van der Waals surface area (Å²) in [7, 11) is 0. The van der Waals surface area contributed by atoms with Gasteiger partial charge in [-0.05, 0) is 54.2 Å². The van der Waals surface area contributed by atoms with E-state index in [2.05, 4.69) is 19.4 Å². The SMILES string of the molecule is C(=Nc1ccc(Sc2ncccn2)cc1)S/N=C/Oc1ccccc1. The Morgan fingerprint density at radius 1 is 0.880 bits per heavy atom. The molecule has 25 heavy (non-hydrogen) atoms. The lowest BCUT2D eigenvalue weighted by Gasteiger charge is -1.99. The van der Waals surface area contributed by atoms with Crippen molar-refractivity contribution in [1.82, 2.24) is 9.97 Å². The standard InChI is InChI=1S/C18H14N4OS2/c1-2-5-16(6-3-1)23-13-22-24-14-21-15-7-9-17(10-8-15)25-18-19-11-4-12-20-18/h1-14H/b21-14?,22-13+. The number of hydrogen-bond acceptors (Lipinski definition) is 7. The second kappa shape index (κ2) is 9.61. The second-order valence-electron chi connectivity index (χ2n) is 4.61. The van der Waals surface area contributed by atoms with Crippen molar-refractivity contribution in [2.75, 3.05) is 0 Å². The summed E-state index contributed by atoms with van der Waals surface area (Å²) in [6, 6.07) is 19.1. The lowest BCUT2D eigenvalue weighted by atomic mass is 10.3. The molecular weight excluding hydrogens is 352 g/mol. The minimum absolute atomic E-state index is 0.724. The van der Waals surface area contributed by atoms with Gasteiger partial charge in [-0.15, -0.1) is 0 Å². The molecule has 3 aromatic rings. The van der Waals surface area contributed by atoms with Crippen molar-refractivity contribution in [2.45, 2.75) is 10.1 Å². The average molecular weight is 366 g/mol. The van der Waals surface area contributed by atoms with E-state index in [0.29, 0.717) is 0 Å². The topological polar surface area (TPSA) is 59.7 Å². The van der Waals surface area contributed by atoms with Crippen molar-refractivity contribution in [1.29, 1.82) is 0 Å². The van der Waals surface area contributed by atoms with E-state index in [0.717, 1.165) is 21.5 Å².